The maximum absolute atomic E-state index is 15.4. The first kappa shape index (κ1) is 17.2. The summed E-state index contributed by atoms with van der Waals surface area (Å²) >= 11 is 0. The molecule has 1 N–H and O–H groups in total. The van der Waals surface area contributed by atoms with Gasteiger partial charge in [0.15, 0.2) is 0 Å². The Morgan fingerprint density at radius 1 is 1.36 bits per heavy atom. The molecule has 5 rings (SSSR count). The molecule has 2 aromatic rings. The third-order valence-corrected chi connectivity index (χ3v) is 6.36. The van der Waals surface area contributed by atoms with Crippen LogP contribution in [0.4, 0.5) is 10.2 Å². The third-order valence-electron chi connectivity index (χ3n) is 6.36. The van der Waals surface area contributed by atoms with E-state index in [1.54, 1.807) is 18.3 Å². The van der Waals surface area contributed by atoms with E-state index in [4.69, 9.17) is 0 Å². The van der Waals surface area contributed by atoms with Gasteiger partial charge in [0.1, 0.15) is 17.7 Å². The first-order chi connectivity index (χ1) is 13.6. The lowest BCUT2D eigenvalue weighted by Gasteiger charge is -2.31. The lowest BCUT2D eigenvalue weighted by atomic mass is 9.95. The molecule has 1 aliphatic carbocycles. The summed E-state index contributed by atoms with van der Waals surface area (Å²) in [7, 11) is 0. The van der Waals surface area contributed by atoms with E-state index in [-0.39, 0.29) is 11.0 Å². The number of amides is 1. The Morgan fingerprint density at radius 2 is 2.21 bits per heavy atom. The summed E-state index contributed by atoms with van der Waals surface area (Å²) in [5.74, 6) is -0.0496. The van der Waals surface area contributed by atoms with Crippen molar-refractivity contribution in [2.45, 2.75) is 43.6 Å². The molecule has 2 fully saturated rings. The van der Waals surface area contributed by atoms with Crippen LogP contribution in [0, 0.1) is 17.1 Å². The number of benzene rings is 1. The number of nitrogens with zero attached hydrogens (tertiary/aromatic N) is 3. The van der Waals surface area contributed by atoms with Gasteiger partial charge in [-0.15, -0.1) is 0 Å². The number of aromatic nitrogens is 1. The van der Waals surface area contributed by atoms with E-state index in [0.29, 0.717) is 24.1 Å². The Balaban J connectivity index is 1.52. The van der Waals surface area contributed by atoms with E-state index >= 15 is 4.39 Å². The van der Waals surface area contributed by atoms with Crippen LogP contribution in [0.15, 0.2) is 30.5 Å². The van der Waals surface area contributed by atoms with Crippen molar-refractivity contribution in [1.82, 2.24) is 9.88 Å². The SMILES string of the molecule is N#C[C@@H]1CCCCN1C(=O)c1cccc(-c2cnc3c(c2)C2(CC2)CN3)c1F. The van der Waals surface area contributed by atoms with Crippen molar-refractivity contribution in [3.63, 3.8) is 0 Å². The third kappa shape index (κ3) is 2.57. The molecule has 1 atom stereocenters. The maximum atomic E-state index is 15.4. The molecule has 2 aliphatic heterocycles. The van der Waals surface area contributed by atoms with Crippen molar-refractivity contribution in [2.75, 3.05) is 18.4 Å². The Kier molecular flexibility index (Phi) is 3.87. The number of rotatable bonds is 2. The first-order valence-corrected chi connectivity index (χ1v) is 9.87. The molecular weight excluding hydrogens is 355 g/mol. The van der Waals surface area contributed by atoms with Gasteiger partial charge >= 0.3 is 0 Å². The minimum absolute atomic E-state index is 0.0272. The second-order valence-electron chi connectivity index (χ2n) is 8.06. The topological polar surface area (TPSA) is 69.0 Å². The molecule has 5 nitrogen and oxygen atoms in total. The summed E-state index contributed by atoms with van der Waals surface area (Å²) in [6.07, 6.45) is 6.33. The number of pyridine rings is 1. The number of likely N-dealkylation sites (tertiary alicyclic amines) is 1. The number of nitriles is 1. The number of carbonyl (C=O) groups excluding carboxylic acids is 1. The molecule has 3 aliphatic rings. The highest BCUT2D eigenvalue weighted by molar-refractivity contribution is 5.96. The quantitative estimate of drug-likeness (QED) is 0.864. The molecular formula is C22H21FN4O. The molecule has 142 valence electrons. The molecule has 0 radical (unpaired) electrons. The van der Waals surface area contributed by atoms with E-state index in [1.807, 2.05) is 6.07 Å². The van der Waals surface area contributed by atoms with Crippen molar-refractivity contribution in [3.05, 3.63) is 47.4 Å². The zero-order chi connectivity index (χ0) is 19.3. The number of fused-ring (bicyclic) bond motifs is 2. The van der Waals surface area contributed by atoms with Crippen molar-refractivity contribution in [2.24, 2.45) is 0 Å². The fourth-order valence-corrected chi connectivity index (χ4v) is 4.49. The van der Waals surface area contributed by atoms with Gasteiger partial charge in [-0.05, 0) is 44.2 Å². The Bertz CT molecular complexity index is 1010. The van der Waals surface area contributed by atoms with E-state index < -0.39 is 17.8 Å². The van der Waals surface area contributed by atoms with Crippen LogP contribution in [0.5, 0.6) is 0 Å². The van der Waals surface area contributed by atoms with Crippen molar-refractivity contribution in [3.8, 4) is 17.2 Å². The van der Waals surface area contributed by atoms with E-state index in [0.717, 1.165) is 43.6 Å². The van der Waals surface area contributed by atoms with Gasteiger partial charge in [0.05, 0.1) is 11.6 Å². The minimum Gasteiger partial charge on any atom is -0.369 e. The summed E-state index contributed by atoms with van der Waals surface area (Å²) in [5, 5.41) is 12.7. The Morgan fingerprint density at radius 3 is 3.00 bits per heavy atom. The summed E-state index contributed by atoms with van der Waals surface area (Å²) < 4.78 is 15.4. The van der Waals surface area contributed by atoms with Gasteiger partial charge in [0.2, 0.25) is 0 Å². The lowest BCUT2D eigenvalue weighted by Crippen LogP contribution is -2.43. The second-order valence-corrected chi connectivity index (χ2v) is 8.06. The Labute approximate surface area is 163 Å². The lowest BCUT2D eigenvalue weighted by molar-refractivity contribution is 0.0666. The van der Waals surface area contributed by atoms with Crippen LogP contribution in [-0.4, -0.2) is 34.9 Å². The molecule has 1 spiro atoms. The van der Waals surface area contributed by atoms with Gasteiger partial charge in [-0.1, -0.05) is 12.1 Å². The van der Waals surface area contributed by atoms with E-state index in [9.17, 15) is 10.1 Å². The fraction of sp³-hybridized carbons (Fsp3) is 0.409. The highest BCUT2D eigenvalue weighted by Crippen LogP contribution is 2.54. The minimum atomic E-state index is -0.535. The van der Waals surface area contributed by atoms with Crippen LogP contribution < -0.4 is 5.32 Å². The average molecular weight is 376 g/mol. The smallest absolute Gasteiger partial charge is 0.257 e. The average Bonchev–Trinajstić information content (AvgIpc) is 3.44. The van der Waals surface area contributed by atoms with Crippen LogP contribution >= 0.6 is 0 Å². The summed E-state index contributed by atoms with van der Waals surface area (Å²) in [5.41, 5.74) is 2.42. The monoisotopic (exact) mass is 376 g/mol. The van der Waals surface area contributed by atoms with Gasteiger partial charge in [-0.3, -0.25) is 4.79 Å². The number of hydrogen-bond donors (Lipinski definition) is 1. The summed E-state index contributed by atoms with van der Waals surface area (Å²) in [4.78, 5) is 19.0. The molecule has 1 amide bonds. The molecule has 28 heavy (non-hydrogen) atoms. The zero-order valence-corrected chi connectivity index (χ0v) is 15.5. The predicted molar refractivity (Wildman–Crippen MR) is 103 cm³/mol. The largest absolute Gasteiger partial charge is 0.369 e. The molecule has 3 heterocycles. The summed E-state index contributed by atoms with van der Waals surface area (Å²) in [6.45, 7) is 1.39. The van der Waals surface area contributed by atoms with Gasteiger partial charge in [0, 0.05) is 41.4 Å². The number of halogens is 1. The molecule has 0 bridgehead atoms. The van der Waals surface area contributed by atoms with Crippen LogP contribution in [0.2, 0.25) is 0 Å². The maximum Gasteiger partial charge on any atom is 0.257 e. The normalized spacial score (nSPS) is 21.7. The second kappa shape index (κ2) is 6.30. The van der Waals surface area contributed by atoms with E-state index in [2.05, 4.69) is 16.4 Å². The number of carbonyl (C=O) groups is 1. The predicted octanol–water partition coefficient (Wildman–Crippen LogP) is 3.86. The molecule has 1 aromatic carbocycles. The fourth-order valence-electron chi connectivity index (χ4n) is 4.49. The zero-order valence-electron chi connectivity index (χ0n) is 15.5. The molecule has 6 heteroatoms. The summed E-state index contributed by atoms with van der Waals surface area (Å²) in [6, 6.07) is 8.62. The molecule has 0 unspecified atom stereocenters. The van der Waals surface area contributed by atoms with E-state index in [1.165, 1.54) is 11.0 Å². The number of piperidine rings is 1. The molecule has 1 saturated heterocycles. The van der Waals surface area contributed by atoms with Gasteiger partial charge in [-0.2, -0.15) is 5.26 Å². The highest BCUT2D eigenvalue weighted by Gasteiger charge is 2.49. The van der Waals surface area contributed by atoms with Crippen molar-refractivity contribution in [1.29, 1.82) is 5.26 Å². The number of nitrogens with one attached hydrogen (secondary N) is 1. The molecule has 1 aromatic heterocycles. The van der Waals surface area contributed by atoms with Crippen LogP contribution in [0.1, 0.15) is 48.0 Å². The standard InChI is InChI=1S/C22H21FN4O/c23-19-16(14-10-18-20(25-12-14)26-13-22(18)7-8-22)5-3-6-17(19)21(28)27-9-2-1-4-15(27)11-24/h3,5-6,10,12,15H,1-2,4,7-9,13H2,(H,25,26)/t15-/m0/s1. The van der Waals surface area contributed by atoms with Crippen molar-refractivity contribution < 1.29 is 9.18 Å². The Hall–Kier alpha value is -2.94. The number of anilines is 1. The number of hydrogen-bond acceptors (Lipinski definition) is 4. The van der Waals surface area contributed by atoms with Crippen LogP contribution in [0.25, 0.3) is 11.1 Å². The van der Waals surface area contributed by atoms with Crippen LogP contribution in [0.3, 0.4) is 0 Å². The van der Waals surface area contributed by atoms with Crippen molar-refractivity contribution >= 4 is 11.7 Å². The van der Waals surface area contributed by atoms with Gasteiger partial charge in [0.25, 0.3) is 5.91 Å². The van der Waals surface area contributed by atoms with Gasteiger partial charge < -0.3 is 10.2 Å². The highest BCUT2D eigenvalue weighted by atomic mass is 19.1. The molecule has 1 saturated carbocycles. The van der Waals surface area contributed by atoms with Crippen LogP contribution in [-0.2, 0) is 5.41 Å². The van der Waals surface area contributed by atoms with Gasteiger partial charge in [-0.25, -0.2) is 9.37 Å². The first-order valence-electron chi connectivity index (χ1n) is 9.87.